The van der Waals surface area contributed by atoms with Crippen LogP contribution in [0.4, 0.5) is 16.2 Å². The normalized spacial score (nSPS) is 16.0. The van der Waals surface area contributed by atoms with E-state index < -0.39 is 17.3 Å². The Morgan fingerprint density at radius 3 is 2.80 bits per heavy atom. The number of ketones is 1. The van der Waals surface area contributed by atoms with E-state index >= 15 is 0 Å². The van der Waals surface area contributed by atoms with Crippen molar-refractivity contribution in [2.24, 2.45) is 0 Å². The lowest BCUT2D eigenvalue weighted by molar-refractivity contribution is -0.991. The Bertz CT molecular complexity index is 1380. The van der Waals surface area contributed by atoms with Crippen molar-refractivity contribution in [2.75, 3.05) is 5.32 Å². The van der Waals surface area contributed by atoms with Gasteiger partial charge in [0.05, 0.1) is 24.3 Å². The number of nitrogens with zero attached hydrogens (tertiary/aromatic N) is 4. The van der Waals surface area contributed by atoms with E-state index in [-0.39, 0.29) is 29.7 Å². The van der Waals surface area contributed by atoms with E-state index in [9.17, 15) is 20.0 Å². The maximum absolute atomic E-state index is 13.3. The number of amides is 2. The lowest BCUT2D eigenvalue weighted by Gasteiger charge is -2.32. The molecule has 12 nitrogen and oxygen atoms in total. The molecule has 4 N–H and O–H groups in total. The quantitative estimate of drug-likeness (QED) is 0.252. The number of rotatable bonds is 5. The third kappa shape index (κ3) is 4.53. The Morgan fingerprint density at radius 1 is 1.26 bits per heavy atom. The fraction of sp³-hybridized carbons (Fsp3) is 0.174. The largest absolute Gasteiger partial charge is 0.595 e. The molecule has 35 heavy (non-hydrogen) atoms. The van der Waals surface area contributed by atoms with Crippen LogP contribution in [0.15, 0.2) is 59.4 Å². The average molecular weight is 475 g/mol. The monoisotopic (exact) mass is 475 g/mol. The van der Waals surface area contributed by atoms with E-state index in [4.69, 9.17) is 4.52 Å². The number of benzene rings is 2. The Balaban J connectivity index is 1.42. The summed E-state index contributed by atoms with van der Waals surface area (Å²) in [5.74, 6) is 0.361. The predicted molar refractivity (Wildman–Crippen MR) is 122 cm³/mol. The minimum atomic E-state index is -1.06. The van der Waals surface area contributed by atoms with Crippen LogP contribution in [0, 0.1) is 5.21 Å². The van der Waals surface area contributed by atoms with Crippen LogP contribution >= 0.6 is 0 Å². The number of urea groups is 1. The molecule has 0 fully saturated rings. The van der Waals surface area contributed by atoms with E-state index in [1.54, 1.807) is 47.6 Å². The maximum Gasteiger partial charge on any atom is 0.322 e. The Morgan fingerprint density at radius 2 is 2.06 bits per heavy atom. The van der Waals surface area contributed by atoms with Gasteiger partial charge in [-0.3, -0.25) is 4.79 Å². The minimum absolute atomic E-state index is 0.0631. The summed E-state index contributed by atoms with van der Waals surface area (Å²) in [4.78, 5) is 38.2. The van der Waals surface area contributed by atoms with Crippen molar-refractivity contribution in [1.29, 1.82) is 0 Å². The van der Waals surface area contributed by atoms with Gasteiger partial charge in [-0.1, -0.05) is 17.3 Å². The van der Waals surface area contributed by atoms with Gasteiger partial charge >= 0.3 is 6.03 Å². The molecule has 12 heteroatoms. The lowest BCUT2D eigenvalue weighted by atomic mass is 10.0. The van der Waals surface area contributed by atoms with Gasteiger partial charge in [0.2, 0.25) is 11.7 Å². The first-order valence-electron chi connectivity index (χ1n) is 10.8. The smallest absolute Gasteiger partial charge is 0.322 e. The van der Waals surface area contributed by atoms with Gasteiger partial charge in [0.1, 0.15) is 6.04 Å². The second-order valence-corrected chi connectivity index (χ2v) is 8.08. The summed E-state index contributed by atoms with van der Waals surface area (Å²) in [6.07, 6.45) is 1.92. The molecule has 2 aromatic carbocycles. The van der Waals surface area contributed by atoms with E-state index in [1.807, 2.05) is 0 Å². The van der Waals surface area contributed by atoms with Crippen LogP contribution in [0.3, 0.4) is 0 Å². The van der Waals surface area contributed by atoms with Crippen LogP contribution in [0.5, 0.6) is 0 Å². The van der Waals surface area contributed by atoms with Gasteiger partial charge in [0.15, 0.2) is 11.5 Å². The molecule has 0 spiro atoms. The van der Waals surface area contributed by atoms with Crippen LogP contribution in [0.1, 0.15) is 40.6 Å². The molecule has 0 saturated carbocycles. The Kier molecular flexibility index (Phi) is 5.82. The van der Waals surface area contributed by atoms with Crippen LogP contribution in [0.25, 0.3) is 11.4 Å². The fourth-order valence-corrected chi connectivity index (χ4v) is 3.93. The number of imidazole rings is 1. The third-order valence-electron chi connectivity index (χ3n) is 5.80. The van der Waals surface area contributed by atoms with E-state index in [0.717, 1.165) is 11.4 Å². The summed E-state index contributed by atoms with van der Waals surface area (Å²) in [6, 6.07) is 11.9. The topological polar surface area (TPSA) is 165 Å². The third-order valence-corrected chi connectivity index (χ3v) is 5.80. The molecule has 0 radical (unpaired) electrons. The first-order chi connectivity index (χ1) is 16.9. The predicted octanol–water partition coefficient (Wildman–Crippen LogP) is 2.40. The van der Waals surface area contributed by atoms with Crippen molar-refractivity contribution in [1.82, 2.24) is 25.0 Å². The van der Waals surface area contributed by atoms with Crippen LogP contribution in [-0.2, 0) is 13.0 Å². The highest BCUT2D eigenvalue weighted by Gasteiger charge is 2.36. The van der Waals surface area contributed by atoms with Crippen molar-refractivity contribution >= 4 is 23.2 Å². The summed E-state index contributed by atoms with van der Waals surface area (Å²) in [7, 11) is 0. The number of hydrogen-bond acceptors (Lipinski definition) is 8. The highest BCUT2D eigenvalue weighted by atomic mass is 16.8. The number of carbonyl (C=O) groups is 2. The number of Topliss-reactive ketones (excluding diaryl/α,β-unsaturated/α-hetero) is 1. The molecule has 3 heterocycles. The standard InChI is InChI=1S/C23H21N7O5/c1-13(31)14-5-7-16(8-6-14)26-23(32)29-11-19-18(24-12-25-19)10-20(29)22-27-21(28-35-22)15-3-2-4-17(9-15)30(33)34/h2-9,12,20,30,33H,10-11H2,1H3,(H,24,25)(H,26,32)/t20-/m0/s1. The van der Waals surface area contributed by atoms with Crippen LogP contribution < -0.4 is 10.5 Å². The van der Waals surface area contributed by atoms with Gasteiger partial charge in [0, 0.05) is 35.4 Å². The number of fused-ring (bicyclic) bond motifs is 1. The molecule has 0 saturated heterocycles. The second-order valence-electron chi connectivity index (χ2n) is 8.08. The molecule has 1 unspecified atom stereocenters. The number of quaternary nitrogens is 1. The first kappa shape index (κ1) is 22.4. The zero-order chi connectivity index (χ0) is 24.5. The summed E-state index contributed by atoms with van der Waals surface area (Å²) >= 11 is 0. The van der Waals surface area contributed by atoms with Crippen LogP contribution in [-0.4, -0.2) is 42.0 Å². The summed E-state index contributed by atoms with van der Waals surface area (Å²) in [5, 5.41) is 26.4. The van der Waals surface area contributed by atoms with Crippen molar-refractivity contribution in [3.8, 4) is 11.4 Å². The molecular formula is C23H21N7O5. The van der Waals surface area contributed by atoms with Gasteiger partial charge in [-0.2, -0.15) is 10.2 Å². The van der Waals surface area contributed by atoms with E-state index in [0.29, 0.717) is 23.2 Å². The van der Waals surface area contributed by atoms with Crippen molar-refractivity contribution < 1.29 is 24.5 Å². The number of anilines is 1. The minimum Gasteiger partial charge on any atom is -0.595 e. The fourth-order valence-electron chi connectivity index (χ4n) is 3.93. The zero-order valence-electron chi connectivity index (χ0n) is 18.6. The summed E-state index contributed by atoms with van der Waals surface area (Å²) in [6.45, 7) is 1.72. The van der Waals surface area contributed by atoms with Gasteiger partial charge in [-0.15, -0.1) is 0 Å². The molecule has 0 bridgehead atoms. The highest BCUT2D eigenvalue weighted by molar-refractivity contribution is 5.95. The van der Waals surface area contributed by atoms with Gasteiger partial charge in [0.25, 0.3) is 0 Å². The number of aromatic nitrogens is 4. The van der Waals surface area contributed by atoms with Crippen molar-refractivity contribution in [2.45, 2.75) is 25.9 Å². The van der Waals surface area contributed by atoms with E-state index in [1.165, 1.54) is 19.1 Å². The number of carbonyl (C=O) groups excluding carboxylic acids is 2. The molecule has 2 aromatic heterocycles. The lowest BCUT2D eigenvalue weighted by Crippen LogP contribution is -2.99. The zero-order valence-corrected chi connectivity index (χ0v) is 18.6. The summed E-state index contributed by atoms with van der Waals surface area (Å²) < 4.78 is 5.52. The van der Waals surface area contributed by atoms with Crippen molar-refractivity contribution in [3.05, 3.63) is 82.9 Å². The molecule has 1 aliphatic rings. The number of hydrogen-bond donors (Lipinski definition) is 4. The number of nitrogens with one attached hydrogen (secondary N) is 3. The molecule has 178 valence electrons. The molecule has 5 rings (SSSR count). The van der Waals surface area contributed by atoms with E-state index in [2.05, 4.69) is 25.4 Å². The maximum atomic E-state index is 13.3. The van der Waals surface area contributed by atoms with Crippen LogP contribution in [0.2, 0.25) is 0 Å². The second kappa shape index (κ2) is 9.10. The molecule has 0 aliphatic carbocycles. The molecule has 4 aromatic rings. The molecule has 1 aliphatic heterocycles. The molecule has 2 amide bonds. The Labute approximate surface area is 198 Å². The van der Waals surface area contributed by atoms with Gasteiger partial charge in [-0.25, -0.2) is 15.0 Å². The number of H-pyrrole nitrogens is 1. The first-order valence-corrected chi connectivity index (χ1v) is 10.8. The molecule has 2 atom stereocenters. The van der Waals surface area contributed by atoms with Gasteiger partial charge in [-0.05, 0) is 31.2 Å². The number of aromatic amines is 1. The van der Waals surface area contributed by atoms with Crippen molar-refractivity contribution in [3.63, 3.8) is 0 Å². The van der Waals surface area contributed by atoms with Gasteiger partial charge < -0.3 is 24.9 Å². The summed E-state index contributed by atoms with van der Waals surface area (Å²) in [5.41, 5.74) is 3.26. The SMILES string of the molecule is CC(=O)c1ccc(NC(=O)N2Cc3[nH]cnc3C[C@H]2c2nc(-c3cccc([NH+]([O-])O)c3)no2)cc1. The Hall–Kier alpha value is -4.39. The highest BCUT2D eigenvalue weighted by Crippen LogP contribution is 2.33. The molecular weight excluding hydrogens is 454 g/mol. The average Bonchev–Trinajstić information content (AvgIpc) is 3.53.